The summed E-state index contributed by atoms with van der Waals surface area (Å²) in [6, 6.07) is 13.7. The molecule has 0 aliphatic heterocycles. The summed E-state index contributed by atoms with van der Waals surface area (Å²) in [7, 11) is 1.64. The fraction of sp³-hybridized carbons (Fsp3) is 0.294. The largest absolute Gasteiger partial charge is 0.497 e. The highest BCUT2D eigenvalue weighted by Gasteiger charge is 2.10. The van der Waals surface area contributed by atoms with Crippen LogP contribution in [0.5, 0.6) is 11.5 Å². The summed E-state index contributed by atoms with van der Waals surface area (Å²) in [4.78, 5) is 0. The number of hydrogen-bond donors (Lipinski definition) is 1. The topological polar surface area (TPSA) is 44.5 Å². The van der Waals surface area contributed by atoms with E-state index >= 15 is 0 Å². The average molecular weight is 271 g/mol. The summed E-state index contributed by atoms with van der Waals surface area (Å²) in [5.74, 6) is 1.55. The molecule has 0 saturated carbocycles. The zero-order chi connectivity index (χ0) is 14.5. The second-order valence-corrected chi connectivity index (χ2v) is 4.96. The van der Waals surface area contributed by atoms with E-state index in [0.29, 0.717) is 6.61 Å². The Kier molecular flexibility index (Phi) is 4.64. The highest BCUT2D eigenvalue weighted by molar-refractivity contribution is 5.34. The van der Waals surface area contributed by atoms with E-state index in [1.54, 1.807) is 7.11 Å². The SMILES string of the molecule is COc1cccc(OCC(N)c2cc(C)ccc2C)c1. The molecule has 0 fully saturated rings. The summed E-state index contributed by atoms with van der Waals surface area (Å²) in [5, 5.41) is 0. The first-order chi connectivity index (χ1) is 9.60. The minimum atomic E-state index is -0.138. The second kappa shape index (κ2) is 6.44. The molecule has 0 spiro atoms. The Morgan fingerprint density at radius 2 is 1.80 bits per heavy atom. The van der Waals surface area contributed by atoms with Crippen molar-refractivity contribution in [1.29, 1.82) is 0 Å². The van der Waals surface area contributed by atoms with Crippen molar-refractivity contribution in [2.45, 2.75) is 19.9 Å². The number of ether oxygens (including phenoxy) is 2. The molecule has 0 saturated heterocycles. The minimum Gasteiger partial charge on any atom is -0.497 e. The fourth-order valence-electron chi connectivity index (χ4n) is 2.13. The maximum Gasteiger partial charge on any atom is 0.123 e. The summed E-state index contributed by atoms with van der Waals surface area (Å²) in [5.41, 5.74) is 9.76. The van der Waals surface area contributed by atoms with Crippen LogP contribution in [0.25, 0.3) is 0 Å². The molecular formula is C17H21NO2. The van der Waals surface area contributed by atoms with Gasteiger partial charge < -0.3 is 15.2 Å². The molecule has 0 heterocycles. The highest BCUT2D eigenvalue weighted by Crippen LogP contribution is 2.22. The molecule has 0 aliphatic rings. The lowest BCUT2D eigenvalue weighted by atomic mass is 10.00. The van der Waals surface area contributed by atoms with E-state index in [1.807, 2.05) is 24.3 Å². The van der Waals surface area contributed by atoms with Gasteiger partial charge in [0.25, 0.3) is 0 Å². The predicted molar refractivity (Wildman–Crippen MR) is 81.3 cm³/mol. The average Bonchev–Trinajstić information content (AvgIpc) is 2.47. The van der Waals surface area contributed by atoms with Crippen molar-refractivity contribution in [2.75, 3.05) is 13.7 Å². The number of nitrogens with two attached hydrogens (primary N) is 1. The molecule has 0 aliphatic carbocycles. The van der Waals surface area contributed by atoms with Crippen LogP contribution in [-0.2, 0) is 0 Å². The van der Waals surface area contributed by atoms with Gasteiger partial charge in [0.15, 0.2) is 0 Å². The first-order valence-electron chi connectivity index (χ1n) is 6.69. The van der Waals surface area contributed by atoms with Crippen LogP contribution >= 0.6 is 0 Å². The van der Waals surface area contributed by atoms with Gasteiger partial charge in [-0.15, -0.1) is 0 Å². The van der Waals surface area contributed by atoms with Gasteiger partial charge in [-0.1, -0.05) is 29.8 Å². The van der Waals surface area contributed by atoms with E-state index in [-0.39, 0.29) is 6.04 Å². The Bertz CT molecular complexity index is 581. The Morgan fingerprint density at radius 3 is 2.55 bits per heavy atom. The van der Waals surface area contributed by atoms with Gasteiger partial charge in [0.2, 0.25) is 0 Å². The zero-order valence-electron chi connectivity index (χ0n) is 12.2. The molecule has 2 N–H and O–H groups in total. The molecule has 0 radical (unpaired) electrons. The maximum absolute atomic E-state index is 6.23. The van der Waals surface area contributed by atoms with Gasteiger partial charge >= 0.3 is 0 Å². The standard InChI is InChI=1S/C17H21NO2/c1-12-7-8-13(2)16(9-12)17(18)11-20-15-6-4-5-14(10-15)19-3/h4-10,17H,11,18H2,1-3H3. The van der Waals surface area contributed by atoms with Gasteiger partial charge in [0, 0.05) is 6.07 Å². The van der Waals surface area contributed by atoms with Gasteiger partial charge in [-0.05, 0) is 37.1 Å². The molecule has 3 heteroatoms. The second-order valence-electron chi connectivity index (χ2n) is 4.96. The minimum absolute atomic E-state index is 0.138. The normalized spacial score (nSPS) is 12.0. The molecule has 2 aromatic rings. The zero-order valence-corrected chi connectivity index (χ0v) is 12.2. The van der Waals surface area contributed by atoms with E-state index in [1.165, 1.54) is 11.1 Å². The molecule has 2 rings (SSSR count). The smallest absolute Gasteiger partial charge is 0.123 e. The summed E-state index contributed by atoms with van der Waals surface area (Å²) in [6.07, 6.45) is 0. The molecule has 106 valence electrons. The third-order valence-electron chi connectivity index (χ3n) is 3.30. The molecule has 0 bridgehead atoms. The van der Waals surface area contributed by atoms with Crippen LogP contribution in [0.15, 0.2) is 42.5 Å². The lowest BCUT2D eigenvalue weighted by molar-refractivity contribution is 0.288. The lowest BCUT2D eigenvalue weighted by Crippen LogP contribution is -2.20. The Balaban J connectivity index is 2.04. The number of benzene rings is 2. The van der Waals surface area contributed by atoms with Crippen LogP contribution in [0, 0.1) is 13.8 Å². The van der Waals surface area contributed by atoms with Crippen molar-refractivity contribution in [3.63, 3.8) is 0 Å². The number of methoxy groups -OCH3 is 1. The molecule has 1 atom stereocenters. The van der Waals surface area contributed by atoms with Crippen LogP contribution in [0.4, 0.5) is 0 Å². The van der Waals surface area contributed by atoms with Crippen molar-refractivity contribution in [3.8, 4) is 11.5 Å². The number of rotatable bonds is 5. The van der Waals surface area contributed by atoms with Crippen LogP contribution < -0.4 is 15.2 Å². The van der Waals surface area contributed by atoms with Gasteiger partial charge in [-0.2, -0.15) is 0 Å². The van der Waals surface area contributed by atoms with Crippen molar-refractivity contribution in [1.82, 2.24) is 0 Å². The van der Waals surface area contributed by atoms with Crippen LogP contribution in [0.1, 0.15) is 22.7 Å². The molecular weight excluding hydrogens is 250 g/mol. The first-order valence-corrected chi connectivity index (χ1v) is 6.69. The van der Waals surface area contributed by atoms with E-state index < -0.39 is 0 Å². The van der Waals surface area contributed by atoms with Crippen LogP contribution in [0.3, 0.4) is 0 Å². The van der Waals surface area contributed by atoms with Gasteiger partial charge in [0.1, 0.15) is 18.1 Å². The third kappa shape index (κ3) is 3.52. The van der Waals surface area contributed by atoms with Crippen LogP contribution in [-0.4, -0.2) is 13.7 Å². The van der Waals surface area contributed by atoms with Crippen molar-refractivity contribution in [3.05, 3.63) is 59.2 Å². The first kappa shape index (κ1) is 14.4. The molecule has 0 amide bonds. The quantitative estimate of drug-likeness (QED) is 0.906. The maximum atomic E-state index is 6.23. The fourth-order valence-corrected chi connectivity index (χ4v) is 2.13. The molecule has 20 heavy (non-hydrogen) atoms. The predicted octanol–water partition coefficient (Wildman–Crippen LogP) is 3.39. The van der Waals surface area contributed by atoms with Crippen molar-refractivity contribution < 1.29 is 9.47 Å². The van der Waals surface area contributed by atoms with Crippen molar-refractivity contribution >= 4 is 0 Å². The molecule has 0 aromatic heterocycles. The Hall–Kier alpha value is -2.00. The van der Waals surface area contributed by atoms with Gasteiger partial charge in [0.05, 0.1) is 13.2 Å². The van der Waals surface area contributed by atoms with Crippen LogP contribution in [0.2, 0.25) is 0 Å². The molecule has 2 aromatic carbocycles. The van der Waals surface area contributed by atoms with Crippen molar-refractivity contribution in [2.24, 2.45) is 5.73 Å². The number of aryl methyl sites for hydroxylation is 2. The third-order valence-corrected chi connectivity index (χ3v) is 3.30. The van der Waals surface area contributed by atoms with E-state index in [9.17, 15) is 0 Å². The monoisotopic (exact) mass is 271 g/mol. The summed E-state index contributed by atoms with van der Waals surface area (Å²) in [6.45, 7) is 4.58. The van der Waals surface area contributed by atoms with Gasteiger partial charge in [-0.25, -0.2) is 0 Å². The van der Waals surface area contributed by atoms with Gasteiger partial charge in [-0.3, -0.25) is 0 Å². The summed E-state index contributed by atoms with van der Waals surface area (Å²) < 4.78 is 10.9. The number of hydrogen-bond acceptors (Lipinski definition) is 3. The summed E-state index contributed by atoms with van der Waals surface area (Å²) >= 11 is 0. The van der Waals surface area contributed by atoms with E-state index in [0.717, 1.165) is 17.1 Å². The Labute approximate surface area is 120 Å². The Morgan fingerprint density at radius 1 is 1.05 bits per heavy atom. The lowest BCUT2D eigenvalue weighted by Gasteiger charge is -2.16. The molecule has 3 nitrogen and oxygen atoms in total. The van der Waals surface area contributed by atoms with E-state index in [4.69, 9.17) is 15.2 Å². The highest BCUT2D eigenvalue weighted by atomic mass is 16.5. The van der Waals surface area contributed by atoms with E-state index in [2.05, 4.69) is 32.0 Å². The molecule has 1 unspecified atom stereocenters.